The van der Waals surface area contributed by atoms with Gasteiger partial charge in [0.2, 0.25) is 5.82 Å². The zero-order valence-electron chi connectivity index (χ0n) is 26.9. The SMILES string of the molecule is [C-]#[N+]c1ccc(-c2nc3cc(C#N)c4c5ccccc5nc(-c5ccccc5-c5c(F)c(F)c(F)c(F)c5F)c4c3nc2-c2ccc([N+]#[C-])cc2)cc1. The average molecular weight is 701 g/mol. The van der Waals surface area contributed by atoms with Gasteiger partial charge in [0.15, 0.2) is 34.6 Å². The summed E-state index contributed by atoms with van der Waals surface area (Å²) in [5.41, 5.74) is 2.33. The van der Waals surface area contributed by atoms with Gasteiger partial charge in [0.25, 0.3) is 0 Å². The van der Waals surface area contributed by atoms with Gasteiger partial charge < -0.3 is 0 Å². The summed E-state index contributed by atoms with van der Waals surface area (Å²) in [5.74, 6) is -10.5. The molecule has 0 aliphatic heterocycles. The second-order valence-electron chi connectivity index (χ2n) is 11.9. The first-order valence-corrected chi connectivity index (χ1v) is 15.8. The first kappa shape index (κ1) is 32.6. The molecule has 0 aliphatic carbocycles. The summed E-state index contributed by atoms with van der Waals surface area (Å²) in [6.45, 7) is 14.8. The summed E-state index contributed by atoms with van der Waals surface area (Å²) in [4.78, 5) is 21.9. The van der Waals surface area contributed by atoms with E-state index in [0.29, 0.717) is 50.2 Å². The molecular weight excluding hydrogens is 683 g/mol. The number of nitriles is 1. The van der Waals surface area contributed by atoms with Crippen LogP contribution in [0.25, 0.3) is 87.3 Å². The van der Waals surface area contributed by atoms with Gasteiger partial charge in [-0.2, -0.15) is 5.26 Å². The van der Waals surface area contributed by atoms with Crippen molar-refractivity contribution >= 4 is 44.1 Å². The van der Waals surface area contributed by atoms with Gasteiger partial charge in [0, 0.05) is 21.7 Å². The Hall–Kier alpha value is -7.55. The lowest BCUT2D eigenvalue weighted by Crippen LogP contribution is -2.05. The minimum Gasteiger partial charge on any atom is -0.247 e. The number of rotatable bonds is 4. The zero-order valence-corrected chi connectivity index (χ0v) is 26.9. The van der Waals surface area contributed by atoms with Crippen molar-refractivity contribution in [2.75, 3.05) is 0 Å². The van der Waals surface area contributed by atoms with E-state index in [0.717, 1.165) is 0 Å². The van der Waals surface area contributed by atoms with Crippen molar-refractivity contribution in [2.45, 2.75) is 0 Å². The summed E-state index contributed by atoms with van der Waals surface area (Å²) in [5, 5.41) is 11.7. The molecule has 0 saturated heterocycles. The predicted molar refractivity (Wildman–Crippen MR) is 191 cm³/mol. The predicted octanol–water partition coefficient (Wildman–Crippen LogP) is 11.7. The van der Waals surface area contributed by atoms with Crippen LogP contribution in [-0.2, 0) is 0 Å². The Morgan fingerprint density at radius 2 is 1.04 bits per heavy atom. The van der Waals surface area contributed by atoms with Crippen LogP contribution in [0, 0.1) is 53.6 Å². The smallest absolute Gasteiger partial charge is 0.200 e. The molecule has 53 heavy (non-hydrogen) atoms. The van der Waals surface area contributed by atoms with E-state index in [1.54, 1.807) is 78.9 Å². The van der Waals surface area contributed by atoms with E-state index in [4.69, 9.17) is 28.1 Å². The summed E-state index contributed by atoms with van der Waals surface area (Å²) >= 11 is 0. The minimum absolute atomic E-state index is 0.00595. The first-order chi connectivity index (χ1) is 25.7. The van der Waals surface area contributed by atoms with Gasteiger partial charge in [-0.25, -0.2) is 46.6 Å². The van der Waals surface area contributed by atoms with Crippen molar-refractivity contribution in [1.82, 2.24) is 15.0 Å². The Kier molecular flexibility index (Phi) is 7.79. The second-order valence-corrected chi connectivity index (χ2v) is 11.9. The van der Waals surface area contributed by atoms with Crippen LogP contribution in [0.5, 0.6) is 0 Å². The molecule has 0 bridgehead atoms. The molecule has 11 heteroatoms. The molecule has 0 saturated carbocycles. The zero-order chi connectivity index (χ0) is 37.0. The molecule has 0 N–H and O–H groups in total. The largest absolute Gasteiger partial charge is 0.247 e. The second kappa shape index (κ2) is 12.6. The fourth-order valence-electron chi connectivity index (χ4n) is 6.49. The number of nitrogens with zero attached hydrogens (tertiary/aromatic N) is 6. The minimum atomic E-state index is -2.29. The Morgan fingerprint density at radius 3 is 1.62 bits per heavy atom. The molecule has 2 heterocycles. The summed E-state index contributed by atoms with van der Waals surface area (Å²) in [6, 6.07) is 29.7. The van der Waals surface area contributed by atoms with Crippen LogP contribution in [0.4, 0.5) is 33.3 Å². The molecule has 0 aliphatic rings. The first-order valence-electron chi connectivity index (χ1n) is 15.8. The van der Waals surface area contributed by atoms with E-state index in [9.17, 15) is 18.4 Å². The lowest BCUT2D eigenvalue weighted by molar-refractivity contribution is 0.381. The van der Waals surface area contributed by atoms with E-state index in [2.05, 4.69) is 15.8 Å². The number of pyridine rings is 1. The maximum atomic E-state index is 15.4. The third-order valence-corrected chi connectivity index (χ3v) is 8.92. The fourth-order valence-corrected chi connectivity index (χ4v) is 6.49. The molecule has 6 aromatic carbocycles. The summed E-state index contributed by atoms with van der Waals surface area (Å²) in [6.07, 6.45) is 0. The Bertz CT molecular complexity index is 2950. The van der Waals surface area contributed by atoms with Crippen molar-refractivity contribution in [1.29, 1.82) is 5.26 Å². The third-order valence-electron chi connectivity index (χ3n) is 8.92. The molecule has 8 rings (SSSR count). The molecule has 0 amide bonds. The molecule has 0 unspecified atom stereocenters. The third kappa shape index (κ3) is 5.17. The van der Waals surface area contributed by atoms with Gasteiger partial charge in [-0.05, 0) is 28.8 Å². The number of hydrogen-bond acceptors (Lipinski definition) is 4. The van der Waals surface area contributed by atoms with E-state index >= 15 is 8.78 Å². The maximum Gasteiger partial charge on any atom is 0.200 e. The molecule has 0 radical (unpaired) electrons. The Morgan fingerprint density at radius 1 is 0.528 bits per heavy atom. The van der Waals surface area contributed by atoms with Gasteiger partial charge in [-0.1, -0.05) is 91.0 Å². The molecular formula is C42H17F5N6. The van der Waals surface area contributed by atoms with Crippen molar-refractivity contribution < 1.29 is 22.0 Å². The van der Waals surface area contributed by atoms with E-state index < -0.39 is 34.6 Å². The van der Waals surface area contributed by atoms with Crippen LogP contribution in [-0.4, -0.2) is 15.0 Å². The fraction of sp³-hybridized carbons (Fsp3) is 0. The number of fused-ring (bicyclic) bond motifs is 5. The van der Waals surface area contributed by atoms with Gasteiger partial charge in [0.05, 0.1) is 64.0 Å². The van der Waals surface area contributed by atoms with E-state index in [1.165, 1.54) is 24.3 Å². The van der Waals surface area contributed by atoms with E-state index in [-0.39, 0.29) is 38.8 Å². The van der Waals surface area contributed by atoms with Crippen LogP contribution in [0.15, 0.2) is 103 Å². The summed E-state index contributed by atoms with van der Waals surface area (Å²) in [7, 11) is 0. The lowest BCUT2D eigenvalue weighted by Gasteiger charge is -2.18. The molecule has 2 aromatic heterocycles. The molecule has 8 aromatic rings. The van der Waals surface area contributed by atoms with Crippen molar-refractivity contribution in [2.24, 2.45) is 0 Å². The number of aromatic nitrogens is 3. The molecule has 250 valence electrons. The normalized spacial score (nSPS) is 11.1. The highest BCUT2D eigenvalue weighted by molar-refractivity contribution is 6.22. The highest BCUT2D eigenvalue weighted by Gasteiger charge is 2.29. The topological polar surface area (TPSA) is 71.2 Å². The molecule has 6 nitrogen and oxygen atoms in total. The Balaban J connectivity index is 1.56. The quantitative estimate of drug-likeness (QED) is 0.0602. The molecule has 0 spiro atoms. The average Bonchev–Trinajstić information content (AvgIpc) is 3.21. The lowest BCUT2D eigenvalue weighted by atomic mass is 9.90. The maximum absolute atomic E-state index is 15.4. The standard InChI is InChI=1S/C42H17F5N6/c1-49-24-15-11-21(12-16-24)39-40(22-13-17-25(50-2)18-14-22)53-42-30(52-39)19-23(20-48)31-28-9-5-6-10-29(28)51-41(33(31)42)27-8-4-3-7-26(27)32-34(43)36(45)38(47)37(46)35(32)44/h3-19H. The number of halogens is 5. The summed E-state index contributed by atoms with van der Waals surface area (Å²) < 4.78 is 74.2. The molecule has 0 atom stereocenters. The van der Waals surface area contributed by atoms with Gasteiger partial charge in [0.1, 0.15) is 0 Å². The Labute approximate surface area is 297 Å². The van der Waals surface area contributed by atoms with Crippen LogP contribution < -0.4 is 0 Å². The van der Waals surface area contributed by atoms with Gasteiger partial charge in [-0.3, -0.25) is 0 Å². The van der Waals surface area contributed by atoms with Crippen molar-refractivity contribution in [3.63, 3.8) is 0 Å². The van der Waals surface area contributed by atoms with Crippen LogP contribution >= 0.6 is 0 Å². The highest BCUT2D eigenvalue weighted by atomic mass is 19.2. The van der Waals surface area contributed by atoms with Gasteiger partial charge in [-0.15, -0.1) is 0 Å². The highest BCUT2D eigenvalue weighted by Crippen LogP contribution is 2.44. The monoisotopic (exact) mass is 700 g/mol. The van der Waals surface area contributed by atoms with Crippen LogP contribution in [0.3, 0.4) is 0 Å². The molecule has 0 fully saturated rings. The van der Waals surface area contributed by atoms with Gasteiger partial charge >= 0.3 is 0 Å². The van der Waals surface area contributed by atoms with E-state index in [1.807, 2.05) is 0 Å². The number of benzene rings is 6. The van der Waals surface area contributed by atoms with Crippen LogP contribution in [0.2, 0.25) is 0 Å². The van der Waals surface area contributed by atoms with Crippen molar-refractivity contribution in [3.8, 4) is 51.0 Å². The van der Waals surface area contributed by atoms with Crippen molar-refractivity contribution in [3.05, 3.63) is 161 Å². The number of hydrogen-bond donors (Lipinski definition) is 0. The number of para-hydroxylation sites is 1. The van der Waals surface area contributed by atoms with Crippen LogP contribution in [0.1, 0.15) is 5.56 Å².